The van der Waals surface area contributed by atoms with E-state index in [0.717, 1.165) is 11.1 Å². The molecule has 0 saturated carbocycles. The highest BCUT2D eigenvalue weighted by atomic mass is 16.3. The Kier molecular flexibility index (Phi) is 4.31. The minimum Gasteiger partial charge on any atom is -0.387 e. The fourth-order valence-corrected chi connectivity index (χ4v) is 1.91. The molecule has 0 heterocycles. The summed E-state index contributed by atoms with van der Waals surface area (Å²) in [5.74, 6) is -0.159. The molecular weight excluding hydrogens is 238 g/mol. The van der Waals surface area contributed by atoms with E-state index >= 15 is 0 Å². The first-order chi connectivity index (χ1) is 9.18. The molecule has 2 aromatic carbocycles. The van der Waals surface area contributed by atoms with Crippen LogP contribution in [0.4, 0.5) is 0 Å². The summed E-state index contributed by atoms with van der Waals surface area (Å²) in [5, 5.41) is 12.7. The molecule has 0 unspecified atom stereocenters. The monoisotopic (exact) mass is 255 g/mol. The van der Waals surface area contributed by atoms with E-state index in [9.17, 15) is 9.90 Å². The maximum absolute atomic E-state index is 12.0. The molecule has 0 bridgehead atoms. The number of aliphatic hydroxyl groups excluding tert-OH is 1. The van der Waals surface area contributed by atoms with Crippen LogP contribution in [0.3, 0.4) is 0 Å². The number of amides is 1. The van der Waals surface area contributed by atoms with E-state index in [0.29, 0.717) is 5.56 Å². The van der Waals surface area contributed by atoms with Gasteiger partial charge in [-0.25, -0.2) is 0 Å². The lowest BCUT2D eigenvalue weighted by molar-refractivity contribution is 0.0915. The molecule has 2 aromatic rings. The van der Waals surface area contributed by atoms with Gasteiger partial charge >= 0.3 is 0 Å². The Bertz CT molecular complexity index is 552. The van der Waals surface area contributed by atoms with Crippen LogP contribution in [-0.4, -0.2) is 17.6 Å². The average molecular weight is 255 g/mol. The first kappa shape index (κ1) is 13.3. The molecule has 3 heteroatoms. The molecule has 0 fully saturated rings. The topological polar surface area (TPSA) is 49.3 Å². The lowest BCUT2D eigenvalue weighted by Crippen LogP contribution is -2.28. The van der Waals surface area contributed by atoms with Gasteiger partial charge in [-0.05, 0) is 24.1 Å². The van der Waals surface area contributed by atoms with Crippen LogP contribution in [-0.2, 0) is 0 Å². The largest absolute Gasteiger partial charge is 0.387 e. The Balaban J connectivity index is 1.96. The summed E-state index contributed by atoms with van der Waals surface area (Å²) in [6.45, 7) is 2.10. The number of benzene rings is 2. The first-order valence-electron chi connectivity index (χ1n) is 6.25. The van der Waals surface area contributed by atoms with Gasteiger partial charge in [-0.3, -0.25) is 4.79 Å². The number of aryl methyl sites for hydroxylation is 1. The third-order valence-corrected chi connectivity index (χ3v) is 3.03. The summed E-state index contributed by atoms with van der Waals surface area (Å²) in [7, 11) is 0. The molecule has 0 aromatic heterocycles. The summed E-state index contributed by atoms with van der Waals surface area (Å²) in [5.41, 5.74) is 2.37. The third kappa shape index (κ3) is 3.42. The number of hydrogen-bond donors (Lipinski definition) is 2. The molecule has 0 aliphatic rings. The van der Waals surface area contributed by atoms with E-state index in [1.54, 1.807) is 6.07 Å². The van der Waals surface area contributed by atoms with Crippen molar-refractivity contribution in [1.82, 2.24) is 5.32 Å². The van der Waals surface area contributed by atoms with Gasteiger partial charge in [0.25, 0.3) is 5.91 Å². The molecule has 0 aliphatic carbocycles. The molecule has 19 heavy (non-hydrogen) atoms. The number of aliphatic hydroxyl groups is 1. The molecule has 0 radical (unpaired) electrons. The molecule has 98 valence electrons. The van der Waals surface area contributed by atoms with Gasteiger partial charge in [0.05, 0.1) is 6.10 Å². The van der Waals surface area contributed by atoms with Gasteiger partial charge in [-0.15, -0.1) is 0 Å². The van der Waals surface area contributed by atoms with Gasteiger partial charge in [0.15, 0.2) is 0 Å². The molecule has 0 aliphatic heterocycles. The van der Waals surface area contributed by atoms with Crippen LogP contribution in [0.1, 0.15) is 27.6 Å². The predicted octanol–water partition coefficient (Wildman–Crippen LogP) is 2.46. The lowest BCUT2D eigenvalue weighted by atomic mass is 10.1. The molecule has 1 atom stereocenters. The highest BCUT2D eigenvalue weighted by Gasteiger charge is 2.11. The zero-order chi connectivity index (χ0) is 13.7. The van der Waals surface area contributed by atoms with Crippen molar-refractivity contribution in [3.63, 3.8) is 0 Å². The Labute approximate surface area is 112 Å². The molecule has 2 N–H and O–H groups in total. The minimum atomic E-state index is -0.686. The second-order valence-electron chi connectivity index (χ2n) is 4.45. The Morgan fingerprint density at radius 2 is 1.74 bits per heavy atom. The van der Waals surface area contributed by atoms with E-state index in [4.69, 9.17) is 0 Å². The number of carbonyl (C=O) groups is 1. The Morgan fingerprint density at radius 3 is 2.42 bits per heavy atom. The number of nitrogens with one attached hydrogen (secondary N) is 1. The van der Waals surface area contributed by atoms with E-state index in [-0.39, 0.29) is 12.5 Å². The molecule has 0 saturated heterocycles. The van der Waals surface area contributed by atoms with Crippen molar-refractivity contribution in [3.05, 3.63) is 71.3 Å². The minimum absolute atomic E-state index is 0.159. The normalized spacial score (nSPS) is 11.9. The van der Waals surface area contributed by atoms with Crippen LogP contribution in [0.2, 0.25) is 0 Å². The summed E-state index contributed by atoms with van der Waals surface area (Å²) in [6, 6.07) is 16.7. The van der Waals surface area contributed by atoms with Crippen LogP contribution in [0.15, 0.2) is 54.6 Å². The van der Waals surface area contributed by atoms with Crippen molar-refractivity contribution in [2.75, 3.05) is 6.54 Å². The zero-order valence-corrected chi connectivity index (χ0v) is 10.8. The standard InChI is InChI=1S/C16H17NO2/c1-12-7-5-6-10-14(12)16(19)17-11-15(18)13-8-3-2-4-9-13/h2-10,15,18H,11H2,1H3,(H,17,19)/t15-/m0/s1. The van der Waals surface area contributed by atoms with Gasteiger partial charge in [0.2, 0.25) is 0 Å². The van der Waals surface area contributed by atoms with Crippen LogP contribution in [0, 0.1) is 6.92 Å². The molecular formula is C16H17NO2. The Hall–Kier alpha value is -2.13. The summed E-state index contributed by atoms with van der Waals surface area (Å²) >= 11 is 0. The fourth-order valence-electron chi connectivity index (χ4n) is 1.91. The van der Waals surface area contributed by atoms with E-state index in [1.165, 1.54) is 0 Å². The smallest absolute Gasteiger partial charge is 0.251 e. The molecule has 0 spiro atoms. The van der Waals surface area contributed by atoms with Gasteiger partial charge in [-0.2, -0.15) is 0 Å². The number of hydrogen-bond acceptors (Lipinski definition) is 2. The van der Waals surface area contributed by atoms with Crippen LogP contribution >= 0.6 is 0 Å². The van der Waals surface area contributed by atoms with Crippen molar-refractivity contribution in [3.8, 4) is 0 Å². The van der Waals surface area contributed by atoms with Crippen molar-refractivity contribution >= 4 is 5.91 Å². The molecule has 1 amide bonds. The SMILES string of the molecule is Cc1ccccc1C(=O)NC[C@H](O)c1ccccc1. The van der Waals surface area contributed by atoms with Crippen molar-refractivity contribution in [1.29, 1.82) is 0 Å². The molecule has 3 nitrogen and oxygen atoms in total. The maximum atomic E-state index is 12.0. The first-order valence-corrected chi connectivity index (χ1v) is 6.25. The van der Waals surface area contributed by atoms with E-state index < -0.39 is 6.10 Å². The van der Waals surface area contributed by atoms with Crippen molar-refractivity contribution in [2.45, 2.75) is 13.0 Å². The van der Waals surface area contributed by atoms with E-state index in [2.05, 4.69) is 5.32 Å². The van der Waals surface area contributed by atoms with E-state index in [1.807, 2.05) is 55.5 Å². The fraction of sp³-hybridized carbons (Fsp3) is 0.188. The maximum Gasteiger partial charge on any atom is 0.251 e. The van der Waals surface area contributed by atoms with Gasteiger partial charge < -0.3 is 10.4 Å². The quantitative estimate of drug-likeness (QED) is 0.881. The van der Waals surface area contributed by atoms with Crippen LogP contribution < -0.4 is 5.32 Å². The van der Waals surface area contributed by atoms with Gasteiger partial charge in [-0.1, -0.05) is 48.5 Å². The number of rotatable bonds is 4. The predicted molar refractivity (Wildman–Crippen MR) is 74.9 cm³/mol. The van der Waals surface area contributed by atoms with Gasteiger partial charge in [0.1, 0.15) is 0 Å². The van der Waals surface area contributed by atoms with Crippen molar-refractivity contribution < 1.29 is 9.90 Å². The highest BCUT2D eigenvalue weighted by molar-refractivity contribution is 5.95. The number of carbonyl (C=O) groups excluding carboxylic acids is 1. The third-order valence-electron chi connectivity index (χ3n) is 3.03. The van der Waals surface area contributed by atoms with Crippen LogP contribution in [0.25, 0.3) is 0 Å². The van der Waals surface area contributed by atoms with Crippen LogP contribution in [0.5, 0.6) is 0 Å². The average Bonchev–Trinajstić information content (AvgIpc) is 2.46. The van der Waals surface area contributed by atoms with Gasteiger partial charge in [0, 0.05) is 12.1 Å². The second kappa shape index (κ2) is 6.16. The molecule has 2 rings (SSSR count). The zero-order valence-electron chi connectivity index (χ0n) is 10.8. The summed E-state index contributed by atoms with van der Waals surface area (Å²) < 4.78 is 0. The summed E-state index contributed by atoms with van der Waals surface area (Å²) in [6.07, 6.45) is -0.686. The summed E-state index contributed by atoms with van der Waals surface area (Å²) in [4.78, 5) is 12.0. The second-order valence-corrected chi connectivity index (χ2v) is 4.45. The Morgan fingerprint density at radius 1 is 1.11 bits per heavy atom. The lowest BCUT2D eigenvalue weighted by Gasteiger charge is -2.13. The van der Waals surface area contributed by atoms with Crippen molar-refractivity contribution in [2.24, 2.45) is 0 Å². The highest BCUT2D eigenvalue weighted by Crippen LogP contribution is 2.11.